The maximum atomic E-state index is 5.53. The number of nitrogens with two attached hydrogens (primary N) is 1. The molecule has 0 spiro atoms. The molecule has 0 fully saturated rings. The third kappa shape index (κ3) is 2.07. The van der Waals surface area contributed by atoms with E-state index in [1.54, 1.807) is 6.20 Å². The molecule has 78 valence electrons. The number of hydrogen-bond donors (Lipinski definition) is 1. The summed E-state index contributed by atoms with van der Waals surface area (Å²) in [6, 6.07) is 0. The van der Waals surface area contributed by atoms with E-state index >= 15 is 0 Å². The highest BCUT2D eigenvalue weighted by Crippen LogP contribution is 2.23. The van der Waals surface area contributed by atoms with Gasteiger partial charge in [0, 0.05) is 7.05 Å². The summed E-state index contributed by atoms with van der Waals surface area (Å²) in [5, 5.41) is 9.44. The van der Waals surface area contributed by atoms with Crippen LogP contribution in [0.4, 0.5) is 5.82 Å². The molecule has 0 saturated carbocycles. The number of aryl methyl sites for hydroxylation is 1. The Kier molecular flexibility index (Phi) is 2.55. The third-order valence-electron chi connectivity index (χ3n) is 1.88. The van der Waals surface area contributed by atoms with E-state index in [2.05, 4.69) is 20.2 Å². The van der Waals surface area contributed by atoms with E-state index in [1.165, 1.54) is 18.0 Å². The SMILES string of the molecule is Cc1nnc(Sc2cncc(N)n2)n1C. The van der Waals surface area contributed by atoms with Gasteiger partial charge in [-0.05, 0) is 18.7 Å². The molecule has 2 N–H and O–H groups in total. The van der Waals surface area contributed by atoms with Crippen molar-refractivity contribution in [1.29, 1.82) is 0 Å². The van der Waals surface area contributed by atoms with Crippen LogP contribution in [0, 0.1) is 6.92 Å². The minimum Gasteiger partial charge on any atom is -0.382 e. The van der Waals surface area contributed by atoms with E-state index in [0.29, 0.717) is 10.8 Å². The number of nitrogens with zero attached hydrogens (tertiary/aromatic N) is 5. The maximum Gasteiger partial charge on any atom is 0.197 e. The second-order valence-electron chi connectivity index (χ2n) is 2.97. The van der Waals surface area contributed by atoms with Crippen molar-refractivity contribution in [2.45, 2.75) is 17.1 Å². The highest BCUT2D eigenvalue weighted by atomic mass is 32.2. The molecule has 0 radical (unpaired) electrons. The van der Waals surface area contributed by atoms with Crippen LogP contribution in [-0.2, 0) is 7.05 Å². The van der Waals surface area contributed by atoms with Crippen molar-refractivity contribution in [1.82, 2.24) is 24.7 Å². The summed E-state index contributed by atoms with van der Waals surface area (Å²) < 4.78 is 1.88. The molecule has 6 nitrogen and oxygen atoms in total. The Balaban J connectivity index is 2.26. The zero-order valence-electron chi connectivity index (χ0n) is 8.38. The molecule has 2 rings (SSSR count). The molecule has 2 heterocycles. The summed E-state index contributed by atoms with van der Waals surface area (Å²) in [6.07, 6.45) is 3.15. The highest BCUT2D eigenvalue weighted by Gasteiger charge is 2.07. The topological polar surface area (TPSA) is 82.5 Å². The molecular formula is C8H10N6S. The van der Waals surface area contributed by atoms with Gasteiger partial charge in [0.25, 0.3) is 0 Å². The van der Waals surface area contributed by atoms with Gasteiger partial charge < -0.3 is 10.3 Å². The van der Waals surface area contributed by atoms with Gasteiger partial charge >= 0.3 is 0 Å². The lowest BCUT2D eigenvalue weighted by atomic mass is 10.7. The smallest absolute Gasteiger partial charge is 0.197 e. The third-order valence-corrected chi connectivity index (χ3v) is 2.82. The van der Waals surface area contributed by atoms with E-state index in [0.717, 1.165) is 11.0 Å². The van der Waals surface area contributed by atoms with Crippen LogP contribution < -0.4 is 5.73 Å². The first kappa shape index (κ1) is 9.91. The average molecular weight is 222 g/mol. The molecule has 15 heavy (non-hydrogen) atoms. The van der Waals surface area contributed by atoms with Gasteiger partial charge in [-0.3, -0.25) is 4.98 Å². The molecule has 0 unspecified atom stereocenters. The van der Waals surface area contributed by atoms with Gasteiger partial charge in [-0.2, -0.15) is 0 Å². The normalized spacial score (nSPS) is 10.5. The average Bonchev–Trinajstić information content (AvgIpc) is 2.50. The lowest BCUT2D eigenvalue weighted by Crippen LogP contribution is -1.96. The Labute approximate surface area is 90.9 Å². The maximum absolute atomic E-state index is 5.53. The van der Waals surface area contributed by atoms with Gasteiger partial charge in [0.1, 0.15) is 16.7 Å². The fraction of sp³-hybridized carbons (Fsp3) is 0.250. The summed E-state index contributed by atoms with van der Waals surface area (Å²) >= 11 is 1.38. The van der Waals surface area contributed by atoms with Crippen molar-refractivity contribution in [3.05, 3.63) is 18.2 Å². The number of rotatable bonds is 2. The molecule has 0 saturated heterocycles. The lowest BCUT2D eigenvalue weighted by Gasteiger charge is -2.00. The van der Waals surface area contributed by atoms with E-state index < -0.39 is 0 Å². The van der Waals surface area contributed by atoms with Crippen LogP contribution in [0.1, 0.15) is 5.82 Å². The second kappa shape index (κ2) is 3.85. The van der Waals surface area contributed by atoms with Gasteiger partial charge in [-0.25, -0.2) is 4.98 Å². The first-order chi connectivity index (χ1) is 7.16. The first-order valence-electron chi connectivity index (χ1n) is 4.28. The van der Waals surface area contributed by atoms with E-state index in [4.69, 9.17) is 5.73 Å². The van der Waals surface area contributed by atoms with Crippen LogP contribution in [0.5, 0.6) is 0 Å². The minimum absolute atomic E-state index is 0.402. The molecule has 0 atom stereocenters. The molecule has 2 aromatic rings. The molecule has 7 heteroatoms. The summed E-state index contributed by atoms with van der Waals surface area (Å²) in [6.45, 7) is 1.89. The van der Waals surface area contributed by atoms with Crippen molar-refractivity contribution in [2.24, 2.45) is 7.05 Å². The summed E-state index contributed by atoms with van der Waals surface area (Å²) in [5.41, 5.74) is 5.53. The fourth-order valence-electron chi connectivity index (χ4n) is 0.982. The number of nitrogen functional groups attached to an aromatic ring is 1. The van der Waals surface area contributed by atoms with Gasteiger partial charge in [0.05, 0.1) is 12.4 Å². The Hall–Kier alpha value is -1.63. The Morgan fingerprint density at radius 1 is 1.33 bits per heavy atom. The zero-order valence-corrected chi connectivity index (χ0v) is 9.19. The summed E-state index contributed by atoms with van der Waals surface area (Å²) in [7, 11) is 1.90. The van der Waals surface area contributed by atoms with Crippen LogP contribution in [0.3, 0.4) is 0 Å². The van der Waals surface area contributed by atoms with Gasteiger partial charge in [0.2, 0.25) is 0 Å². The molecule has 2 aromatic heterocycles. The predicted molar refractivity (Wildman–Crippen MR) is 56.3 cm³/mol. The van der Waals surface area contributed by atoms with Crippen molar-refractivity contribution < 1.29 is 0 Å². The van der Waals surface area contributed by atoms with Crippen LogP contribution in [-0.4, -0.2) is 24.7 Å². The highest BCUT2D eigenvalue weighted by molar-refractivity contribution is 7.99. The molecule has 0 aliphatic heterocycles. The number of aromatic nitrogens is 5. The first-order valence-corrected chi connectivity index (χ1v) is 5.10. The van der Waals surface area contributed by atoms with Crippen molar-refractivity contribution in [3.8, 4) is 0 Å². The summed E-state index contributed by atoms with van der Waals surface area (Å²) in [5.74, 6) is 1.26. The van der Waals surface area contributed by atoms with E-state index in [1.807, 2.05) is 18.5 Å². The minimum atomic E-state index is 0.402. The standard InChI is InChI=1S/C8H10N6S/c1-5-12-13-8(14(5)2)15-7-4-10-3-6(9)11-7/h3-4H,1-2H3,(H2,9,11). The van der Waals surface area contributed by atoms with Gasteiger partial charge in [0.15, 0.2) is 5.16 Å². The van der Waals surface area contributed by atoms with E-state index in [9.17, 15) is 0 Å². The Bertz CT molecular complexity index is 480. The fourth-order valence-corrected chi connectivity index (χ4v) is 1.78. The van der Waals surface area contributed by atoms with Crippen LogP contribution in [0.15, 0.2) is 22.6 Å². The van der Waals surface area contributed by atoms with Crippen molar-refractivity contribution >= 4 is 17.6 Å². The van der Waals surface area contributed by atoms with Gasteiger partial charge in [-0.15, -0.1) is 10.2 Å². The molecule has 0 aliphatic carbocycles. The van der Waals surface area contributed by atoms with Crippen LogP contribution in [0.2, 0.25) is 0 Å². The molecule has 0 bridgehead atoms. The van der Waals surface area contributed by atoms with Crippen molar-refractivity contribution in [2.75, 3.05) is 5.73 Å². The molecule has 0 amide bonds. The lowest BCUT2D eigenvalue weighted by molar-refractivity contribution is 0.764. The zero-order chi connectivity index (χ0) is 10.8. The van der Waals surface area contributed by atoms with Crippen LogP contribution >= 0.6 is 11.8 Å². The van der Waals surface area contributed by atoms with Gasteiger partial charge in [-0.1, -0.05) is 0 Å². The van der Waals surface area contributed by atoms with Crippen LogP contribution in [0.25, 0.3) is 0 Å². The monoisotopic (exact) mass is 222 g/mol. The molecule has 0 aromatic carbocycles. The Morgan fingerprint density at radius 3 is 2.73 bits per heavy atom. The quantitative estimate of drug-likeness (QED) is 0.803. The van der Waals surface area contributed by atoms with E-state index in [-0.39, 0.29) is 0 Å². The van der Waals surface area contributed by atoms with Crippen molar-refractivity contribution in [3.63, 3.8) is 0 Å². The number of hydrogen-bond acceptors (Lipinski definition) is 6. The Morgan fingerprint density at radius 2 is 2.13 bits per heavy atom. The second-order valence-corrected chi connectivity index (χ2v) is 3.96. The number of anilines is 1. The molecule has 0 aliphatic rings. The predicted octanol–water partition coefficient (Wildman–Crippen LogP) is 0.647. The molecular weight excluding hydrogens is 212 g/mol. The summed E-state index contributed by atoms with van der Waals surface area (Å²) in [4.78, 5) is 8.07. The largest absolute Gasteiger partial charge is 0.382 e.